The molecule has 0 radical (unpaired) electrons. The van der Waals surface area contributed by atoms with Crippen molar-refractivity contribution in [3.63, 3.8) is 0 Å². The van der Waals surface area contributed by atoms with E-state index in [0.29, 0.717) is 23.5 Å². The van der Waals surface area contributed by atoms with Crippen molar-refractivity contribution in [3.8, 4) is 0 Å². The minimum absolute atomic E-state index is 0.0413. The summed E-state index contributed by atoms with van der Waals surface area (Å²) < 4.78 is 12.3. The molecule has 0 bridgehead atoms. The fraction of sp³-hybridized carbons (Fsp3) is 0.824. The van der Waals surface area contributed by atoms with E-state index >= 15 is 0 Å². The fourth-order valence-electron chi connectivity index (χ4n) is 8.31. The van der Waals surface area contributed by atoms with Gasteiger partial charge in [0.2, 0.25) is 0 Å². The Morgan fingerprint density at radius 1 is 1.00 bits per heavy atom. The first-order valence-corrected chi connectivity index (χ1v) is 17.1. The third kappa shape index (κ3) is 7.03. The maximum atomic E-state index is 13.5. The minimum Gasteiger partial charge on any atom is -0.442 e. The molecule has 4 aliphatic rings. The predicted molar refractivity (Wildman–Crippen MR) is 167 cm³/mol. The summed E-state index contributed by atoms with van der Waals surface area (Å²) in [5, 5.41) is 0. The van der Waals surface area contributed by atoms with Crippen LogP contribution in [0.1, 0.15) is 113 Å². The molecular formula is C34H55N5O4. The molecule has 1 aromatic heterocycles. The van der Waals surface area contributed by atoms with Gasteiger partial charge in [-0.2, -0.15) is 0 Å². The average Bonchev–Trinajstić information content (AvgIpc) is 2.99. The topological polar surface area (TPSA) is 88.1 Å². The van der Waals surface area contributed by atoms with E-state index in [-0.39, 0.29) is 23.1 Å². The number of aryl methyl sites for hydroxylation is 2. The normalized spacial score (nSPS) is 27.7. The van der Waals surface area contributed by atoms with Gasteiger partial charge in [-0.15, -0.1) is 0 Å². The van der Waals surface area contributed by atoms with Crippen molar-refractivity contribution in [2.75, 3.05) is 45.9 Å². The van der Waals surface area contributed by atoms with Gasteiger partial charge in [-0.3, -0.25) is 9.69 Å². The van der Waals surface area contributed by atoms with Crippen LogP contribution >= 0.6 is 0 Å². The summed E-state index contributed by atoms with van der Waals surface area (Å²) >= 11 is 0. The second-order valence-electron chi connectivity index (χ2n) is 14.0. The number of likely N-dealkylation sites (tertiary alicyclic amines) is 2. The molecular weight excluding hydrogens is 542 g/mol. The summed E-state index contributed by atoms with van der Waals surface area (Å²) in [6.45, 7) is 16.2. The first kappa shape index (κ1) is 32.1. The van der Waals surface area contributed by atoms with Gasteiger partial charge in [-0.05, 0) is 78.6 Å². The Balaban J connectivity index is 1.17. The maximum Gasteiger partial charge on any atom is 0.410 e. The molecule has 1 aromatic rings. The summed E-state index contributed by atoms with van der Waals surface area (Å²) in [5.74, 6) is 0.987. The molecule has 4 fully saturated rings. The smallest absolute Gasteiger partial charge is 0.410 e. The van der Waals surface area contributed by atoms with Gasteiger partial charge in [0.05, 0.1) is 23.1 Å². The van der Waals surface area contributed by atoms with Crippen LogP contribution in [0.4, 0.5) is 4.79 Å². The van der Waals surface area contributed by atoms with E-state index < -0.39 is 0 Å². The molecule has 3 saturated heterocycles. The van der Waals surface area contributed by atoms with Crippen LogP contribution < -0.4 is 0 Å². The number of ether oxygens (including phenoxy) is 2. The molecule has 4 heterocycles. The lowest BCUT2D eigenvalue weighted by molar-refractivity contribution is -0.135. The first-order chi connectivity index (χ1) is 20.7. The van der Waals surface area contributed by atoms with E-state index in [4.69, 9.17) is 9.47 Å². The summed E-state index contributed by atoms with van der Waals surface area (Å²) in [6, 6.07) is 0. The summed E-state index contributed by atoms with van der Waals surface area (Å²) in [6.07, 6.45) is 13.4. The van der Waals surface area contributed by atoms with Crippen LogP contribution in [0.5, 0.6) is 0 Å². The standard InChI is InChI=1S/C34H55N5O4/c1-6-8-9-28-23-38(22-27-10-12-29(13-11-27)42-7-2)32(41)43-34(28)16-20-39(21-17-34)33(5)14-18-37(19-15-33)31(40)30-25(3)35-24-36-26(30)4/h24,27-29H,6-23H2,1-5H3. The van der Waals surface area contributed by atoms with Gasteiger partial charge in [0.25, 0.3) is 5.91 Å². The third-order valence-electron chi connectivity index (χ3n) is 11.3. The molecule has 0 N–H and O–H groups in total. The zero-order valence-electron chi connectivity index (χ0n) is 27.4. The van der Waals surface area contributed by atoms with Crippen molar-refractivity contribution in [1.29, 1.82) is 0 Å². The highest BCUT2D eigenvalue weighted by Gasteiger charge is 2.51. The van der Waals surface area contributed by atoms with Crippen molar-refractivity contribution < 1.29 is 19.1 Å². The molecule has 2 amide bonds. The van der Waals surface area contributed by atoms with E-state index in [1.807, 2.05) is 23.6 Å². The van der Waals surface area contributed by atoms with Crippen molar-refractivity contribution in [1.82, 2.24) is 24.7 Å². The van der Waals surface area contributed by atoms with Crippen molar-refractivity contribution >= 4 is 12.0 Å². The molecule has 0 aromatic carbocycles. The maximum absolute atomic E-state index is 13.5. The van der Waals surface area contributed by atoms with Crippen LogP contribution in [0, 0.1) is 25.7 Å². The number of hydrogen-bond donors (Lipinski definition) is 0. The number of piperidine rings is 2. The van der Waals surface area contributed by atoms with Crippen LogP contribution in [0.3, 0.4) is 0 Å². The van der Waals surface area contributed by atoms with Crippen molar-refractivity contribution in [2.24, 2.45) is 11.8 Å². The lowest BCUT2D eigenvalue weighted by Crippen LogP contribution is -2.64. The Hall–Kier alpha value is -2.26. The monoisotopic (exact) mass is 597 g/mol. The van der Waals surface area contributed by atoms with Gasteiger partial charge in [-0.25, -0.2) is 14.8 Å². The van der Waals surface area contributed by atoms with E-state index in [9.17, 15) is 9.59 Å². The largest absolute Gasteiger partial charge is 0.442 e. The summed E-state index contributed by atoms with van der Waals surface area (Å²) in [4.78, 5) is 42.0. The third-order valence-corrected chi connectivity index (χ3v) is 11.3. The Labute approximate surface area is 259 Å². The van der Waals surface area contributed by atoms with Gasteiger partial charge < -0.3 is 19.3 Å². The van der Waals surface area contributed by atoms with Gasteiger partial charge in [0.15, 0.2) is 0 Å². The molecule has 9 nitrogen and oxygen atoms in total. The number of aromatic nitrogens is 2. The zero-order chi connectivity index (χ0) is 30.6. The van der Waals surface area contributed by atoms with Gasteiger partial charge >= 0.3 is 6.09 Å². The average molecular weight is 598 g/mol. The predicted octanol–water partition coefficient (Wildman–Crippen LogP) is 5.78. The Morgan fingerprint density at radius 3 is 2.26 bits per heavy atom. The van der Waals surface area contributed by atoms with Crippen LogP contribution in [0.15, 0.2) is 6.33 Å². The van der Waals surface area contributed by atoms with Crippen LogP contribution in [0.2, 0.25) is 0 Å². The Bertz CT molecular complexity index is 1080. The minimum atomic E-state index is -0.346. The molecule has 3 aliphatic heterocycles. The Morgan fingerprint density at radius 2 is 1.65 bits per heavy atom. The van der Waals surface area contributed by atoms with E-state index in [0.717, 1.165) is 121 Å². The Kier molecular flexibility index (Phi) is 10.3. The molecule has 9 heteroatoms. The van der Waals surface area contributed by atoms with Crippen molar-refractivity contribution in [3.05, 3.63) is 23.3 Å². The number of carbonyl (C=O) groups is 2. The van der Waals surface area contributed by atoms with Gasteiger partial charge in [0, 0.05) is 70.2 Å². The summed E-state index contributed by atoms with van der Waals surface area (Å²) in [7, 11) is 0. The molecule has 1 unspecified atom stereocenters. The number of hydrogen-bond acceptors (Lipinski definition) is 7. The molecule has 1 spiro atoms. The van der Waals surface area contributed by atoms with E-state index in [2.05, 4.69) is 35.6 Å². The molecule has 43 heavy (non-hydrogen) atoms. The highest BCUT2D eigenvalue weighted by atomic mass is 16.6. The van der Waals surface area contributed by atoms with Crippen LogP contribution in [0.25, 0.3) is 0 Å². The molecule has 5 rings (SSSR count). The lowest BCUT2D eigenvalue weighted by atomic mass is 9.74. The lowest BCUT2D eigenvalue weighted by Gasteiger charge is -2.55. The summed E-state index contributed by atoms with van der Waals surface area (Å²) in [5.41, 5.74) is 1.84. The van der Waals surface area contributed by atoms with Crippen LogP contribution in [-0.4, -0.2) is 99.8 Å². The molecule has 240 valence electrons. The highest BCUT2D eigenvalue weighted by molar-refractivity contribution is 5.96. The fourth-order valence-corrected chi connectivity index (χ4v) is 8.31. The quantitative estimate of drug-likeness (QED) is 0.357. The van der Waals surface area contributed by atoms with Crippen LogP contribution in [-0.2, 0) is 9.47 Å². The SMILES string of the molecule is CCCCC1CN(CC2CCC(OCC)CC2)C(=O)OC12CCN(C1(C)CCN(C(=O)c3c(C)ncnc3C)CC1)CC2. The first-order valence-electron chi connectivity index (χ1n) is 17.1. The number of nitrogens with zero attached hydrogens (tertiary/aromatic N) is 5. The molecule has 1 atom stereocenters. The number of rotatable bonds is 9. The highest BCUT2D eigenvalue weighted by Crippen LogP contribution is 2.44. The second-order valence-corrected chi connectivity index (χ2v) is 14.0. The zero-order valence-corrected chi connectivity index (χ0v) is 27.4. The van der Waals surface area contributed by atoms with E-state index in [1.54, 1.807) is 0 Å². The molecule has 1 aliphatic carbocycles. The molecule has 1 saturated carbocycles. The second kappa shape index (κ2) is 13.8. The van der Waals surface area contributed by atoms with Crippen molar-refractivity contribution in [2.45, 2.75) is 122 Å². The number of carbonyl (C=O) groups excluding carboxylic acids is 2. The van der Waals surface area contributed by atoms with Gasteiger partial charge in [0.1, 0.15) is 11.9 Å². The van der Waals surface area contributed by atoms with Gasteiger partial charge in [-0.1, -0.05) is 19.8 Å². The number of amides is 2. The number of unbranched alkanes of at least 4 members (excludes halogenated alkanes) is 1. The van der Waals surface area contributed by atoms with E-state index in [1.165, 1.54) is 12.7 Å².